The van der Waals surface area contributed by atoms with Gasteiger partial charge in [0, 0.05) is 6.20 Å². The molecule has 0 radical (unpaired) electrons. The van der Waals surface area contributed by atoms with Crippen molar-refractivity contribution in [3.05, 3.63) is 35.6 Å². The second-order valence-corrected chi connectivity index (χ2v) is 9.94. The van der Waals surface area contributed by atoms with Crippen molar-refractivity contribution in [3.8, 4) is 0 Å². The molecule has 1 aromatic heterocycles. The Hall–Kier alpha value is -0.743. The third-order valence-electron chi connectivity index (χ3n) is 3.33. The molecular formula is C14H23NOSSi. The molecule has 0 fully saturated rings. The van der Waals surface area contributed by atoms with E-state index in [0.29, 0.717) is 0 Å². The third-order valence-corrected chi connectivity index (χ3v) is 8.97. The maximum atomic E-state index is 6.36. The van der Waals surface area contributed by atoms with Gasteiger partial charge >= 0.3 is 0 Å². The van der Waals surface area contributed by atoms with Crippen LogP contribution < -0.4 is 0 Å². The van der Waals surface area contributed by atoms with Crippen LogP contribution in [0.25, 0.3) is 0 Å². The van der Waals surface area contributed by atoms with Gasteiger partial charge in [0.25, 0.3) is 8.32 Å². The van der Waals surface area contributed by atoms with Gasteiger partial charge in [-0.15, -0.1) is 0 Å². The number of pyridine rings is 1. The maximum Gasteiger partial charge on any atom is 0.251 e. The first-order chi connectivity index (χ1) is 8.69. The SMILES string of the molecule is CC=C(O[Si](CC)(CC)CC)Sc1ccccn1. The van der Waals surface area contributed by atoms with Gasteiger partial charge in [0.1, 0.15) is 10.1 Å². The Morgan fingerprint density at radius 3 is 2.39 bits per heavy atom. The lowest BCUT2D eigenvalue weighted by atomic mass is 10.5. The summed E-state index contributed by atoms with van der Waals surface area (Å²) in [4.78, 5) is 4.33. The summed E-state index contributed by atoms with van der Waals surface area (Å²) in [7, 11) is -1.57. The van der Waals surface area contributed by atoms with Gasteiger partial charge in [0.05, 0.1) is 0 Å². The van der Waals surface area contributed by atoms with E-state index in [2.05, 4.69) is 31.8 Å². The zero-order chi connectivity index (χ0) is 13.4. The van der Waals surface area contributed by atoms with Crippen molar-refractivity contribution in [1.29, 1.82) is 0 Å². The highest BCUT2D eigenvalue weighted by Gasteiger charge is 2.31. The lowest BCUT2D eigenvalue weighted by Gasteiger charge is -2.29. The van der Waals surface area contributed by atoms with Gasteiger partial charge in [0.15, 0.2) is 0 Å². The predicted molar refractivity (Wildman–Crippen MR) is 82.1 cm³/mol. The van der Waals surface area contributed by atoms with E-state index in [-0.39, 0.29) is 0 Å². The van der Waals surface area contributed by atoms with E-state index >= 15 is 0 Å². The van der Waals surface area contributed by atoms with Crippen molar-refractivity contribution in [3.63, 3.8) is 0 Å². The average molecular weight is 281 g/mol. The van der Waals surface area contributed by atoms with Gasteiger partial charge in [-0.1, -0.05) is 26.8 Å². The van der Waals surface area contributed by atoms with Crippen molar-refractivity contribution >= 4 is 20.1 Å². The highest BCUT2D eigenvalue weighted by molar-refractivity contribution is 8.02. The molecule has 0 amide bonds. The Morgan fingerprint density at radius 1 is 1.28 bits per heavy atom. The maximum absolute atomic E-state index is 6.36. The first-order valence-corrected chi connectivity index (χ1v) is 9.98. The van der Waals surface area contributed by atoms with Gasteiger partial charge in [-0.25, -0.2) is 4.98 Å². The molecule has 0 aromatic carbocycles. The minimum Gasteiger partial charge on any atom is -0.539 e. The van der Waals surface area contributed by atoms with Crippen molar-refractivity contribution in [2.75, 3.05) is 0 Å². The van der Waals surface area contributed by atoms with E-state index in [9.17, 15) is 0 Å². The highest BCUT2D eigenvalue weighted by atomic mass is 32.2. The highest BCUT2D eigenvalue weighted by Crippen LogP contribution is 2.32. The fourth-order valence-corrected chi connectivity index (χ4v) is 5.59. The van der Waals surface area contributed by atoms with E-state index in [0.717, 1.165) is 10.1 Å². The zero-order valence-electron chi connectivity index (χ0n) is 11.8. The molecule has 0 saturated heterocycles. The molecule has 0 saturated carbocycles. The number of hydrogen-bond donors (Lipinski definition) is 0. The van der Waals surface area contributed by atoms with E-state index < -0.39 is 8.32 Å². The molecule has 0 atom stereocenters. The fraction of sp³-hybridized carbons (Fsp3) is 0.500. The number of hydrogen-bond acceptors (Lipinski definition) is 3. The summed E-state index contributed by atoms with van der Waals surface area (Å²) in [6.07, 6.45) is 3.88. The number of thioether (sulfide) groups is 1. The van der Waals surface area contributed by atoms with Crippen LogP contribution in [0, 0.1) is 0 Å². The molecule has 1 aromatic rings. The zero-order valence-corrected chi connectivity index (χ0v) is 13.6. The van der Waals surface area contributed by atoms with Crippen LogP contribution in [-0.2, 0) is 4.43 Å². The van der Waals surface area contributed by atoms with Gasteiger partial charge in [0.2, 0.25) is 0 Å². The summed E-state index contributed by atoms with van der Waals surface area (Å²) in [5.41, 5.74) is 0. The van der Waals surface area contributed by atoms with Crippen LogP contribution in [0.1, 0.15) is 27.7 Å². The van der Waals surface area contributed by atoms with E-state index in [1.807, 2.05) is 31.3 Å². The molecule has 0 aliphatic carbocycles. The molecule has 0 N–H and O–H groups in total. The summed E-state index contributed by atoms with van der Waals surface area (Å²) in [5.74, 6) is 0. The van der Waals surface area contributed by atoms with Gasteiger partial charge in [-0.05, 0) is 55.0 Å². The van der Waals surface area contributed by atoms with Crippen LogP contribution >= 0.6 is 11.8 Å². The molecular weight excluding hydrogens is 258 g/mol. The second-order valence-electron chi connectivity index (χ2n) is 4.22. The molecule has 0 spiro atoms. The molecule has 100 valence electrons. The Balaban J connectivity index is 2.74. The molecule has 0 bridgehead atoms. The number of aromatic nitrogens is 1. The van der Waals surface area contributed by atoms with E-state index in [4.69, 9.17) is 4.43 Å². The van der Waals surface area contributed by atoms with Gasteiger partial charge in [-0.2, -0.15) is 0 Å². The molecule has 1 rings (SSSR count). The number of nitrogens with zero attached hydrogens (tertiary/aromatic N) is 1. The minimum absolute atomic E-state index is 0.997. The first kappa shape index (κ1) is 15.3. The lowest BCUT2D eigenvalue weighted by molar-refractivity contribution is 0.442. The summed E-state index contributed by atoms with van der Waals surface area (Å²) >= 11 is 1.62. The Bertz CT molecular complexity index is 368. The standard InChI is InChI=1S/C14H23NOSSi/c1-5-14(16-18(6-2,7-3)8-4)17-13-11-9-10-12-15-13/h5,9-12H,6-8H2,1-4H3. The Labute approximate surface area is 116 Å². The summed E-state index contributed by atoms with van der Waals surface area (Å²) in [6, 6.07) is 9.46. The quantitative estimate of drug-likeness (QED) is 0.396. The van der Waals surface area contributed by atoms with Gasteiger partial charge < -0.3 is 4.43 Å². The lowest BCUT2D eigenvalue weighted by Crippen LogP contribution is -2.34. The van der Waals surface area contributed by atoms with Crippen molar-refractivity contribution in [2.45, 2.75) is 50.9 Å². The van der Waals surface area contributed by atoms with Gasteiger partial charge in [-0.3, -0.25) is 0 Å². The monoisotopic (exact) mass is 281 g/mol. The fourth-order valence-electron chi connectivity index (χ4n) is 1.83. The molecule has 2 nitrogen and oxygen atoms in total. The molecule has 1 heterocycles. The Kier molecular flexibility index (Phi) is 6.50. The normalized spacial score (nSPS) is 12.6. The summed E-state index contributed by atoms with van der Waals surface area (Å²) in [5, 5.41) is 2.00. The van der Waals surface area contributed by atoms with Crippen LogP contribution in [0.15, 0.2) is 40.6 Å². The average Bonchev–Trinajstić information content (AvgIpc) is 2.45. The first-order valence-electron chi connectivity index (χ1n) is 6.63. The van der Waals surface area contributed by atoms with Crippen LogP contribution in [0.5, 0.6) is 0 Å². The predicted octanol–water partition coefficient (Wildman–Crippen LogP) is 5.06. The van der Waals surface area contributed by atoms with E-state index in [1.165, 1.54) is 18.1 Å². The Morgan fingerprint density at radius 2 is 1.94 bits per heavy atom. The summed E-state index contributed by atoms with van der Waals surface area (Å²) in [6.45, 7) is 8.78. The molecule has 0 aliphatic rings. The van der Waals surface area contributed by atoms with Crippen LogP contribution in [0.3, 0.4) is 0 Å². The van der Waals surface area contributed by atoms with Crippen molar-refractivity contribution in [2.24, 2.45) is 0 Å². The molecule has 4 heteroatoms. The minimum atomic E-state index is -1.57. The third kappa shape index (κ3) is 4.17. The van der Waals surface area contributed by atoms with Crippen molar-refractivity contribution < 1.29 is 4.43 Å². The second kappa shape index (κ2) is 7.64. The van der Waals surface area contributed by atoms with Crippen LogP contribution in [-0.4, -0.2) is 13.3 Å². The largest absolute Gasteiger partial charge is 0.539 e. The molecule has 0 unspecified atom stereocenters. The van der Waals surface area contributed by atoms with E-state index in [1.54, 1.807) is 11.8 Å². The van der Waals surface area contributed by atoms with Crippen LogP contribution in [0.2, 0.25) is 18.1 Å². The smallest absolute Gasteiger partial charge is 0.251 e. The topological polar surface area (TPSA) is 22.1 Å². The molecule has 18 heavy (non-hydrogen) atoms. The summed E-state index contributed by atoms with van der Waals surface area (Å²) < 4.78 is 6.36. The van der Waals surface area contributed by atoms with Crippen molar-refractivity contribution in [1.82, 2.24) is 4.98 Å². The number of allylic oxidation sites excluding steroid dienone is 1. The molecule has 0 aliphatic heterocycles. The number of rotatable bonds is 7. The van der Waals surface area contributed by atoms with Crippen LogP contribution in [0.4, 0.5) is 0 Å².